The van der Waals surface area contributed by atoms with E-state index in [1.54, 1.807) is 4.68 Å². The van der Waals surface area contributed by atoms with Crippen LogP contribution in [0.5, 0.6) is 5.75 Å². The maximum atomic E-state index is 5.55. The van der Waals surface area contributed by atoms with Gasteiger partial charge in [0.05, 0.1) is 13.2 Å². The summed E-state index contributed by atoms with van der Waals surface area (Å²) >= 11 is 0. The van der Waals surface area contributed by atoms with E-state index in [4.69, 9.17) is 10.5 Å². The Balaban J connectivity index is 2.38. The van der Waals surface area contributed by atoms with Gasteiger partial charge < -0.3 is 10.5 Å². The molecule has 0 atom stereocenters. The summed E-state index contributed by atoms with van der Waals surface area (Å²) in [5, 5.41) is 4.24. The number of nitrogens with two attached hydrogens (primary N) is 1. The topological polar surface area (TPSA) is 66.0 Å². The first-order chi connectivity index (χ1) is 8.65. The summed E-state index contributed by atoms with van der Waals surface area (Å²) in [6, 6.07) is 6.00. The third-order valence-electron chi connectivity index (χ3n) is 2.72. The fraction of sp³-hybridized carbons (Fsp3) is 0.385. The normalized spacial score (nSPS) is 10.7. The van der Waals surface area contributed by atoms with Gasteiger partial charge in [-0.15, -0.1) is 0 Å². The first-order valence-electron chi connectivity index (χ1n) is 5.99. The van der Waals surface area contributed by atoms with Crippen molar-refractivity contribution in [2.75, 3.05) is 6.61 Å². The molecule has 5 heteroatoms. The van der Waals surface area contributed by atoms with Crippen molar-refractivity contribution in [1.29, 1.82) is 0 Å². The van der Waals surface area contributed by atoms with Gasteiger partial charge in [0.25, 0.3) is 0 Å². The molecule has 96 valence electrons. The third kappa shape index (κ3) is 2.36. The number of nitrogens with zero attached hydrogens (tertiary/aromatic N) is 3. The maximum absolute atomic E-state index is 5.55. The van der Waals surface area contributed by atoms with Gasteiger partial charge in [-0.05, 0) is 37.6 Å². The molecular weight excluding hydrogens is 228 g/mol. The van der Waals surface area contributed by atoms with Crippen molar-refractivity contribution in [3.8, 4) is 17.1 Å². The number of rotatable bonds is 4. The zero-order chi connectivity index (χ0) is 13.1. The first kappa shape index (κ1) is 12.6. The van der Waals surface area contributed by atoms with Crippen molar-refractivity contribution >= 4 is 0 Å². The Morgan fingerprint density at radius 2 is 2.17 bits per heavy atom. The fourth-order valence-corrected chi connectivity index (χ4v) is 1.88. The van der Waals surface area contributed by atoms with Gasteiger partial charge in [-0.25, -0.2) is 9.67 Å². The third-order valence-corrected chi connectivity index (χ3v) is 2.72. The second-order valence-electron chi connectivity index (χ2n) is 4.09. The predicted octanol–water partition coefficient (Wildman–Crippen LogP) is 1.65. The summed E-state index contributed by atoms with van der Waals surface area (Å²) in [7, 11) is 1.87. The van der Waals surface area contributed by atoms with Gasteiger partial charge in [-0.3, -0.25) is 0 Å². The summed E-state index contributed by atoms with van der Waals surface area (Å²) in [6.07, 6.45) is 0. The highest BCUT2D eigenvalue weighted by Crippen LogP contribution is 2.24. The molecule has 0 amide bonds. The van der Waals surface area contributed by atoms with Crippen molar-refractivity contribution in [3.05, 3.63) is 29.6 Å². The largest absolute Gasteiger partial charge is 0.494 e. The summed E-state index contributed by atoms with van der Waals surface area (Å²) in [4.78, 5) is 4.40. The van der Waals surface area contributed by atoms with Crippen LogP contribution in [-0.4, -0.2) is 21.4 Å². The lowest BCUT2D eigenvalue weighted by Gasteiger charge is -2.08. The quantitative estimate of drug-likeness (QED) is 0.890. The number of hydrogen-bond donors (Lipinski definition) is 1. The van der Waals surface area contributed by atoms with Crippen molar-refractivity contribution in [2.45, 2.75) is 20.4 Å². The highest BCUT2D eigenvalue weighted by atomic mass is 16.5. The van der Waals surface area contributed by atoms with Crippen molar-refractivity contribution in [3.63, 3.8) is 0 Å². The van der Waals surface area contributed by atoms with E-state index in [9.17, 15) is 0 Å². The highest BCUT2D eigenvalue weighted by Gasteiger charge is 2.10. The Bertz CT molecular complexity index is 548. The fourth-order valence-electron chi connectivity index (χ4n) is 1.88. The van der Waals surface area contributed by atoms with E-state index in [1.807, 2.05) is 33.0 Å². The summed E-state index contributed by atoms with van der Waals surface area (Å²) in [5.41, 5.74) is 7.65. The van der Waals surface area contributed by atoms with Gasteiger partial charge in [0.2, 0.25) is 0 Å². The van der Waals surface area contributed by atoms with Crippen LogP contribution in [-0.2, 0) is 13.6 Å². The van der Waals surface area contributed by atoms with E-state index < -0.39 is 0 Å². The Morgan fingerprint density at radius 3 is 2.72 bits per heavy atom. The molecule has 0 radical (unpaired) electrons. The Hall–Kier alpha value is -1.88. The molecule has 0 fully saturated rings. The van der Waals surface area contributed by atoms with Crippen molar-refractivity contribution in [1.82, 2.24) is 14.8 Å². The molecule has 0 aliphatic rings. The van der Waals surface area contributed by atoms with E-state index in [0.29, 0.717) is 19.0 Å². The van der Waals surface area contributed by atoms with Gasteiger partial charge in [0.1, 0.15) is 5.75 Å². The van der Waals surface area contributed by atoms with Gasteiger partial charge in [-0.1, -0.05) is 0 Å². The second-order valence-corrected chi connectivity index (χ2v) is 4.09. The van der Waals surface area contributed by atoms with E-state index in [-0.39, 0.29) is 0 Å². The van der Waals surface area contributed by atoms with Crippen molar-refractivity contribution in [2.24, 2.45) is 12.8 Å². The molecule has 2 aromatic rings. The van der Waals surface area contributed by atoms with Crippen molar-refractivity contribution < 1.29 is 4.74 Å². The number of aromatic nitrogens is 3. The van der Waals surface area contributed by atoms with Crippen LogP contribution in [0.1, 0.15) is 18.3 Å². The molecule has 5 nitrogen and oxygen atoms in total. The van der Waals surface area contributed by atoms with E-state index in [2.05, 4.69) is 16.1 Å². The van der Waals surface area contributed by atoms with Crippen LogP contribution in [0.15, 0.2) is 18.2 Å². The Kier molecular flexibility index (Phi) is 3.62. The molecule has 1 aromatic heterocycles. The predicted molar refractivity (Wildman–Crippen MR) is 70.2 cm³/mol. The number of aryl methyl sites for hydroxylation is 2. The lowest BCUT2D eigenvalue weighted by molar-refractivity contribution is 0.338. The SMILES string of the molecule is CCOc1ccc(-c2nc(CN)nn2C)cc1C. The molecule has 0 aliphatic carbocycles. The Morgan fingerprint density at radius 1 is 1.39 bits per heavy atom. The molecule has 1 heterocycles. The summed E-state index contributed by atoms with van der Waals surface area (Å²) in [6.45, 7) is 5.02. The standard InChI is InChI=1S/C13H18N4O/c1-4-18-11-6-5-10(7-9(11)2)13-15-12(8-14)16-17(13)3/h5-7H,4,8,14H2,1-3H3. The molecule has 2 N–H and O–H groups in total. The van der Waals surface area contributed by atoms with Crippen LogP contribution in [0.3, 0.4) is 0 Å². The minimum absolute atomic E-state index is 0.351. The van der Waals surface area contributed by atoms with Gasteiger partial charge in [0.15, 0.2) is 11.6 Å². The summed E-state index contributed by atoms with van der Waals surface area (Å²) < 4.78 is 7.27. The van der Waals surface area contributed by atoms with E-state index in [0.717, 1.165) is 22.7 Å². The molecule has 0 bridgehead atoms. The van der Waals surface area contributed by atoms with Crippen LogP contribution in [0.25, 0.3) is 11.4 Å². The highest BCUT2D eigenvalue weighted by molar-refractivity contribution is 5.58. The molecule has 2 rings (SSSR count). The van der Waals surface area contributed by atoms with Crippen LogP contribution in [0.4, 0.5) is 0 Å². The minimum atomic E-state index is 0.351. The summed E-state index contributed by atoms with van der Waals surface area (Å²) in [5.74, 6) is 2.38. The lowest BCUT2D eigenvalue weighted by atomic mass is 10.1. The lowest BCUT2D eigenvalue weighted by Crippen LogP contribution is -1.99. The molecule has 18 heavy (non-hydrogen) atoms. The number of ether oxygens (including phenoxy) is 1. The monoisotopic (exact) mass is 246 g/mol. The van der Waals surface area contributed by atoms with E-state index >= 15 is 0 Å². The first-order valence-corrected chi connectivity index (χ1v) is 5.99. The van der Waals surface area contributed by atoms with Gasteiger partial charge in [0, 0.05) is 12.6 Å². The minimum Gasteiger partial charge on any atom is -0.494 e. The maximum Gasteiger partial charge on any atom is 0.164 e. The second kappa shape index (κ2) is 5.18. The van der Waals surface area contributed by atoms with Crippen LogP contribution in [0.2, 0.25) is 0 Å². The molecule has 0 unspecified atom stereocenters. The molecule has 0 saturated carbocycles. The van der Waals surface area contributed by atoms with Gasteiger partial charge >= 0.3 is 0 Å². The average Bonchev–Trinajstić information content (AvgIpc) is 2.73. The molecule has 1 aromatic carbocycles. The number of hydrogen-bond acceptors (Lipinski definition) is 4. The Labute approximate surface area is 107 Å². The van der Waals surface area contributed by atoms with Crippen LogP contribution >= 0.6 is 0 Å². The number of benzene rings is 1. The zero-order valence-corrected chi connectivity index (χ0v) is 11.0. The zero-order valence-electron chi connectivity index (χ0n) is 11.0. The molecule has 0 spiro atoms. The molecule has 0 aliphatic heterocycles. The van der Waals surface area contributed by atoms with Gasteiger partial charge in [-0.2, -0.15) is 5.10 Å². The van der Waals surface area contributed by atoms with E-state index in [1.165, 1.54) is 0 Å². The molecule has 0 saturated heterocycles. The van der Waals surface area contributed by atoms with Crippen LogP contribution < -0.4 is 10.5 Å². The molecular formula is C13H18N4O. The average molecular weight is 246 g/mol. The van der Waals surface area contributed by atoms with Crippen LogP contribution in [0, 0.1) is 6.92 Å². The smallest absolute Gasteiger partial charge is 0.164 e.